The Balaban J connectivity index is 1.45. The Morgan fingerprint density at radius 2 is 1.87 bits per heavy atom. The van der Waals surface area contributed by atoms with E-state index in [1.165, 1.54) is 0 Å². The summed E-state index contributed by atoms with van der Waals surface area (Å²) in [6.07, 6.45) is 3.86. The molecular weight excluding hydrogens is 294 g/mol. The largest absolute Gasteiger partial charge is 0.381 e. The van der Waals surface area contributed by atoms with Gasteiger partial charge in [0.15, 0.2) is 5.82 Å². The number of aromatic nitrogens is 4. The van der Waals surface area contributed by atoms with Crippen molar-refractivity contribution in [3.8, 4) is 11.4 Å². The Labute approximate surface area is 134 Å². The molecule has 2 aliphatic rings. The lowest BCUT2D eigenvalue weighted by Gasteiger charge is -2.21. The summed E-state index contributed by atoms with van der Waals surface area (Å²) >= 11 is 0. The van der Waals surface area contributed by atoms with Crippen molar-refractivity contribution in [2.24, 2.45) is 5.92 Å². The molecule has 1 saturated heterocycles. The van der Waals surface area contributed by atoms with Gasteiger partial charge in [0.2, 0.25) is 5.91 Å². The molecule has 0 radical (unpaired) electrons. The fourth-order valence-electron chi connectivity index (χ4n) is 2.86. The number of carbonyl (C=O) groups is 1. The molecule has 1 saturated carbocycles. The highest BCUT2D eigenvalue weighted by molar-refractivity contribution is 5.92. The van der Waals surface area contributed by atoms with Crippen LogP contribution < -0.4 is 5.32 Å². The van der Waals surface area contributed by atoms with E-state index in [4.69, 9.17) is 4.74 Å². The van der Waals surface area contributed by atoms with Gasteiger partial charge >= 0.3 is 0 Å². The van der Waals surface area contributed by atoms with Gasteiger partial charge in [0.25, 0.3) is 0 Å². The van der Waals surface area contributed by atoms with Gasteiger partial charge < -0.3 is 10.1 Å². The standard InChI is InChI=1S/C16H19N5O2/c22-16(12-7-9-23-10-8-12)17-13-3-1-11(2-4-13)15-18-19-20-21(15)14-5-6-14/h1-4,12,14H,5-10H2,(H,17,22). The molecule has 0 atom stereocenters. The number of hydrogen-bond donors (Lipinski definition) is 1. The number of tetrazole rings is 1. The average Bonchev–Trinajstić information content (AvgIpc) is 3.33. The third-order valence-electron chi connectivity index (χ3n) is 4.39. The molecule has 1 aliphatic heterocycles. The summed E-state index contributed by atoms with van der Waals surface area (Å²) in [5.41, 5.74) is 1.77. The Morgan fingerprint density at radius 1 is 1.13 bits per heavy atom. The van der Waals surface area contributed by atoms with Gasteiger partial charge in [-0.05, 0) is 60.4 Å². The SMILES string of the molecule is O=C(Nc1ccc(-c2nnnn2C2CC2)cc1)C1CCOCC1. The average molecular weight is 313 g/mol. The number of hydrogen-bond acceptors (Lipinski definition) is 5. The lowest BCUT2D eigenvalue weighted by Crippen LogP contribution is -2.28. The van der Waals surface area contributed by atoms with Crippen molar-refractivity contribution in [2.75, 3.05) is 18.5 Å². The molecule has 1 aromatic heterocycles. The summed E-state index contributed by atoms with van der Waals surface area (Å²) in [7, 11) is 0. The van der Waals surface area contributed by atoms with Gasteiger partial charge in [-0.2, -0.15) is 0 Å². The van der Waals surface area contributed by atoms with E-state index in [0.717, 1.165) is 42.8 Å². The number of anilines is 1. The van der Waals surface area contributed by atoms with Crippen LogP contribution in [0.1, 0.15) is 31.7 Å². The first-order chi connectivity index (χ1) is 11.3. The zero-order chi connectivity index (χ0) is 15.6. The van der Waals surface area contributed by atoms with Gasteiger partial charge in [-0.25, -0.2) is 4.68 Å². The summed E-state index contributed by atoms with van der Waals surface area (Å²) in [6.45, 7) is 1.34. The molecule has 1 aromatic carbocycles. The predicted octanol–water partition coefficient (Wildman–Crippen LogP) is 2.04. The fraction of sp³-hybridized carbons (Fsp3) is 0.500. The molecule has 7 heteroatoms. The van der Waals surface area contributed by atoms with Crippen LogP contribution in [0.5, 0.6) is 0 Å². The van der Waals surface area contributed by atoms with Crippen LogP contribution in [0.2, 0.25) is 0 Å². The Hall–Kier alpha value is -2.28. The van der Waals surface area contributed by atoms with Crippen molar-refractivity contribution >= 4 is 11.6 Å². The van der Waals surface area contributed by atoms with Crippen molar-refractivity contribution in [1.82, 2.24) is 20.2 Å². The van der Waals surface area contributed by atoms with E-state index < -0.39 is 0 Å². The Kier molecular flexibility index (Phi) is 3.78. The number of nitrogens with one attached hydrogen (secondary N) is 1. The highest BCUT2D eigenvalue weighted by Crippen LogP contribution is 2.36. The van der Waals surface area contributed by atoms with Crippen LogP contribution in [0, 0.1) is 5.92 Å². The Morgan fingerprint density at radius 3 is 2.57 bits per heavy atom. The van der Waals surface area contributed by atoms with Gasteiger partial charge in [0.1, 0.15) is 0 Å². The summed E-state index contributed by atoms with van der Waals surface area (Å²) in [6, 6.07) is 8.14. The maximum atomic E-state index is 12.2. The van der Waals surface area contributed by atoms with Crippen molar-refractivity contribution in [3.63, 3.8) is 0 Å². The molecule has 0 spiro atoms. The molecule has 2 fully saturated rings. The van der Waals surface area contributed by atoms with Gasteiger partial charge in [0, 0.05) is 30.4 Å². The van der Waals surface area contributed by atoms with Gasteiger partial charge in [-0.1, -0.05) is 0 Å². The van der Waals surface area contributed by atoms with E-state index in [1.54, 1.807) is 0 Å². The van der Waals surface area contributed by atoms with Crippen molar-refractivity contribution < 1.29 is 9.53 Å². The smallest absolute Gasteiger partial charge is 0.227 e. The minimum absolute atomic E-state index is 0.0468. The van der Waals surface area contributed by atoms with Crippen LogP contribution in [-0.2, 0) is 9.53 Å². The topological polar surface area (TPSA) is 81.9 Å². The minimum atomic E-state index is 0.0468. The number of nitrogens with zero attached hydrogens (tertiary/aromatic N) is 4. The first-order valence-corrected chi connectivity index (χ1v) is 8.08. The predicted molar refractivity (Wildman–Crippen MR) is 83.7 cm³/mol. The first kappa shape index (κ1) is 14.3. The second-order valence-electron chi connectivity index (χ2n) is 6.13. The maximum Gasteiger partial charge on any atom is 0.227 e. The molecule has 1 amide bonds. The van der Waals surface area contributed by atoms with E-state index in [0.29, 0.717) is 19.3 Å². The second kappa shape index (κ2) is 6.08. The van der Waals surface area contributed by atoms with Crippen LogP contribution in [0.25, 0.3) is 11.4 Å². The maximum absolute atomic E-state index is 12.2. The molecule has 2 aromatic rings. The van der Waals surface area contributed by atoms with Gasteiger partial charge in [-0.15, -0.1) is 5.10 Å². The third-order valence-corrected chi connectivity index (χ3v) is 4.39. The second-order valence-corrected chi connectivity index (χ2v) is 6.13. The minimum Gasteiger partial charge on any atom is -0.381 e. The van der Waals surface area contributed by atoms with Crippen molar-refractivity contribution in [2.45, 2.75) is 31.7 Å². The zero-order valence-corrected chi connectivity index (χ0v) is 12.8. The van der Waals surface area contributed by atoms with E-state index in [1.807, 2.05) is 28.9 Å². The molecule has 0 unspecified atom stereocenters. The third kappa shape index (κ3) is 3.10. The lowest BCUT2D eigenvalue weighted by molar-refractivity contribution is -0.122. The number of amides is 1. The molecule has 120 valence electrons. The van der Waals surface area contributed by atoms with Crippen molar-refractivity contribution in [1.29, 1.82) is 0 Å². The summed E-state index contributed by atoms with van der Waals surface area (Å²) in [5.74, 6) is 0.907. The molecule has 0 bridgehead atoms. The van der Waals surface area contributed by atoms with Gasteiger partial charge in [-0.3, -0.25) is 4.79 Å². The summed E-state index contributed by atoms with van der Waals surface area (Å²) in [4.78, 5) is 12.2. The Bertz CT molecular complexity index is 687. The van der Waals surface area contributed by atoms with E-state index in [2.05, 4.69) is 20.8 Å². The molecule has 1 N–H and O–H groups in total. The zero-order valence-electron chi connectivity index (χ0n) is 12.8. The molecule has 4 rings (SSSR count). The molecule has 7 nitrogen and oxygen atoms in total. The van der Waals surface area contributed by atoms with Crippen LogP contribution in [0.15, 0.2) is 24.3 Å². The molecule has 1 aliphatic carbocycles. The lowest BCUT2D eigenvalue weighted by atomic mass is 9.99. The van der Waals surface area contributed by atoms with Crippen LogP contribution in [0.4, 0.5) is 5.69 Å². The number of carbonyl (C=O) groups excluding carboxylic acids is 1. The number of ether oxygens (including phenoxy) is 1. The van der Waals surface area contributed by atoms with Gasteiger partial charge in [0.05, 0.1) is 6.04 Å². The van der Waals surface area contributed by atoms with Crippen LogP contribution in [-0.4, -0.2) is 39.3 Å². The van der Waals surface area contributed by atoms with Crippen LogP contribution in [0.3, 0.4) is 0 Å². The molecular formula is C16H19N5O2. The monoisotopic (exact) mass is 313 g/mol. The number of rotatable bonds is 4. The quantitative estimate of drug-likeness (QED) is 0.934. The number of benzene rings is 1. The van der Waals surface area contributed by atoms with E-state index in [-0.39, 0.29) is 11.8 Å². The summed E-state index contributed by atoms with van der Waals surface area (Å²) in [5, 5.41) is 14.9. The van der Waals surface area contributed by atoms with E-state index in [9.17, 15) is 4.79 Å². The molecule has 23 heavy (non-hydrogen) atoms. The highest BCUT2D eigenvalue weighted by Gasteiger charge is 2.28. The summed E-state index contributed by atoms with van der Waals surface area (Å²) < 4.78 is 7.18. The first-order valence-electron chi connectivity index (χ1n) is 8.08. The molecule has 2 heterocycles. The normalized spacial score (nSPS) is 18.8. The highest BCUT2D eigenvalue weighted by atomic mass is 16.5. The van der Waals surface area contributed by atoms with E-state index >= 15 is 0 Å². The van der Waals surface area contributed by atoms with Crippen molar-refractivity contribution in [3.05, 3.63) is 24.3 Å². The van der Waals surface area contributed by atoms with Crippen LogP contribution >= 0.6 is 0 Å². The fourth-order valence-corrected chi connectivity index (χ4v) is 2.86.